The maximum Gasteiger partial charge on any atom is 0.273 e. The standard InChI is InChI=1S/C12H16N2O5/c1-18-11-7-10(14(16)17)6-9(12(11)15)8-13-2-4-19-5-3-13/h6-7,15H,2-5,8H2,1H3. The molecule has 2 rings (SSSR count). The van der Waals surface area contributed by atoms with Gasteiger partial charge in [0.05, 0.1) is 31.3 Å². The monoisotopic (exact) mass is 268 g/mol. The summed E-state index contributed by atoms with van der Waals surface area (Å²) >= 11 is 0. The first-order chi connectivity index (χ1) is 9.11. The van der Waals surface area contributed by atoms with Crippen LogP contribution in [-0.2, 0) is 11.3 Å². The Kier molecular flexibility index (Phi) is 4.18. The van der Waals surface area contributed by atoms with Gasteiger partial charge >= 0.3 is 0 Å². The Balaban J connectivity index is 2.26. The highest BCUT2D eigenvalue weighted by Gasteiger charge is 2.19. The number of nitro benzene ring substituents is 1. The van der Waals surface area contributed by atoms with Gasteiger partial charge in [-0.3, -0.25) is 15.0 Å². The lowest BCUT2D eigenvalue weighted by atomic mass is 10.1. The van der Waals surface area contributed by atoms with E-state index in [1.165, 1.54) is 19.2 Å². The number of hydrogen-bond acceptors (Lipinski definition) is 6. The van der Waals surface area contributed by atoms with Crippen molar-refractivity contribution in [2.45, 2.75) is 6.54 Å². The Morgan fingerprint density at radius 2 is 2.16 bits per heavy atom. The molecule has 1 heterocycles. The zero-order chi connectivity index (χ0) is 13.8. The van der Waals surface area contributed by atoms with Crippen LogP contribution in [0.5, 0.6) is 11.5 Å². The van der Waals surface area contributed by atoms with Crippen LogP contribution in [0.2, 0.25) is 0 Å². The number of hydrogen-bond donors (Lipinski definition) is 1. The molecule has 7 heteroatoms. The summed E-state index contributed by atoms with van der Waals surface area (Å²) in [4.78, 5) is 12.4. The van der Waals surface area contributed by atoms with E-state index in [4.69, 9.17) is 9.47 Å². The smallest absolute Gasteiger partial charge is 0.273 e. The SMILES string of the molecule is COc1cc([N+](=O)[O-])cc(CN2CCOCC2)c1O. The van der Waals surface area contributed by atoms with Crippen molar-refractivity contribution >= 4 is 5.69 Å². The first-order valence-corrected chi connectivity index (χ1v) is 5.96. The third-order valence-electron chi connectivity index (χ3n) is 3.07. The van der Waals surface area contributed by atoms with Crippen molar-refractivity contribution in [2.75, 3.05) is 33.4 Å². The lowest BCUT2D eigenvalue weighted by Crippen LogP contribution is -2.35. The van der Waals surface area contributed by atoms with E-state index in [0.717, 1.165) is 13.1 Å². The van der Waals surface area contributed by atoms with E-state index in [-0.39, 0.29) is 17.2 Å². The minimum Gasteiger partial charge on any atom is -0.504 e. The summed E-state index contributed by atoms with van der Waals surface area (Å²) in [5, 5.41) is 20.9. The molecule has 0 spiro atoms. The molecule has 1 aliphatic rings. The van der Waals surface area contributed by atoms with E-state index in [1.54, 1.807) is 0 Å². The summed E-state index contributed by atoms with van der Waals surface area (Å²) in [6.45, 7) is 3.18. The van der Waals surface area contributed by atoms with Crippen molar-refractivity contribution in [3.8, 4) is 11.5 Å². The van der Waals surface area contributed by atoms with Gasteiger partial charge in [-0.1, -0.05) is 0 Å². The van der Waals surface area contributed by atoms with E-state index >= 15 is 0 Å². The molecule has 0 amide bonds. The second kappa shape index (κ2) is 5.85. The molecule has 1 fully saturated rings. The van der Waals surface area contributed by atoms with Gasteiger partial charge in [-0.25, -0.2) is 0 Å². The summed E-state index contributed by atoms with van der Waals surface area (Å²) in [6.07, 6.45) is 0. The van der Waals surface area contributed by atoms with Gasteiger partial charge in [0, 0.05) is 31.3 Å². The van der Waals surface area contributed by atoms with Crippen molar-refractivity contribution in [3.63, 3.8) is 0 Å². The molecule has 1 aromatic rings. The number of phenolic OH excluding ortho intramolecular Hbond substituents is 1. The molecule has 1 aromatic carbocycles. The second-order valence-electron chi connectivity index (χ2n) is 4.30. The first-order valence-electron chi connectivity index (χ1n) is 5.96. The molecule has 1 N–H and O–H groups in total. The average molecular weight is 268 g/mol. The Morgan fingerprint density at radius 3 is 2.74 bits per heavy atom. The first kappa shape index (κ1) is 13.6. The van der Waals surface area contributed by atoms with Gasteiger partial charge in [-0.2, -0.15) is 0 Å². The summed E-state index contributed by atoms with van der Waals surface area (Å²) in [5.74, 6) is 0.0806. The van der Waals surface area contributed by atoms with Crippen LogP contribution in [0.1, 0.15) is 5.56 Å². The van der Waals surface area contributed by atoms with Gasteiger partial charge in [-0.05, 0) is 0 Å². The highest BCUT2D eigenvalue weighted by molar-refractivity contribution is 5.53. The minimum absolute atomic E-state index is 0.0420. The summed E-state index contributed by atoms with van der Waals surface area (Å²) in [5.41, 5.74) is 0.408. The summed E-state index contributed by atoms with van der Waals surface area (Å²) in [6, 6.07) is 2.60. The molecule has 1 saturated heterocycles. The number of benzene rings is 1. The fraction of sp³-hybridized carbons (Fsp3) is 0.500. The maximum atomic E-state index is 10.9. The van der Waals surface area contributed by atoms with Crippen LogP contribution in [-0.4, -0.2) is 48.3 Å². The van der Waals surface area contributed by atoms with Gasteiger partial charge in [0.25, 0.3) is 5.69 Å². The van der Waals surface area contributed by atoms with Crippen LogP contribution in [0.4, 0.5) is 5.69 Å². The number of ether oxygens (including phenoxy) is 2. The third kappa shape index (κ3) is 3.12. The summed E-state index contributed by atoms with van der Waals surface area (Å²) in [7, 11) is 1.37. The summed E-state index contributed by atoms with van der Waals surface area (Å²) < 4.78 is 10.2. The molecule has 1 aliphatic heterocycles. The maximum absolute atomic E-state index is 10.9. The van der Waals surface area contributed by atoms with Gasteiger partial charge in [-0.15, -0.1) is 0 Å². The molecule has 0 aromatic heterocycles. The molecule has 0 radical (unpaired) electrons. The highest BCUT2D eigenvalue weighted by atomic mass is 16.6. The number of nitro groups is 1. The molecule has 0 aliphatic carbocycles. The normalized spacial score (nSPS) is 16.3. The van der Waals surface area contributed by atoms with E-state index in [0.29, 0.717) is 25.3 Å². The topological polar surface area (TPSA) is 85.1 Å². The lowest BCUT2D eigenvalue weighted by molar-refractivity contribution is -0.385. The average Bonchev–Trinajstić information content (AvgIpc) is 2.42. The Bertz CT molecular complexity index is 471. The number of aromatic hydroxyl groups is 1. The molecule has 0 saturated carbocycles. The van der Waals surface area contributed by atoms with Crippen molar-refractivity contribution in [2.24, 2.45) is 0 Å². The third-order valence-corrected chi connectivity index (χ3v) is 3.07. The zero-order valence-corrected chi connectivity index (χ0v) is 10.7. The quantitative estimate of drug-likeness (QED) is 0.651. The highest BCUT2D eigenvalue weighted by Crippen LogP contribution is 2.35. The predicted octanol–water partition coefficient (Wildman–Crippen LogP) is 1.14. The molecular weight excluding hydrogens is 252 g/mol. The molecule has 19 heavy (non-hydrogen) atoms. The number of non-ortho nitro benzene ring substituents is 1. The van der Waals surface area contributed by atoms with Crippen LogP contribution in [0.25, 0.3) is 0 Å². The largest absolute Gasteiger partial charge is 0.504 e. The second-order valence-corrected chi connectivity index (χ2v) is 4.30. The van der Waals surface area contributed by atoms with E-state index < -0.39 is 4.92 Å². The Morgan fingerprint density at radius 1 is 1.47 bits per heavy atom. The molecule has 104 valence electrons. The van der Waals surface area contributed by atoms with E-state index in [9.17, 15) is 15.2 Å². The molecular formula is C12H16N2O5. The molecule has 0 bridgehead atoms. The molecule has 0 unspecified atom stereocenters. The van der Waals surface area contributed by atoms with Crippen molar-refractivity contribution < 1.29 is 19.5 Å². The van der Waals surface area contributed by atoms with Gasteiger partial charge in [0.2, 0.25) is 0 Å². The molecule has 7 nitrogen and oxygen atoms in total. The Hall–Kier alpha value is -1.86. The Labute approximate surface area is 110 Å². The number of phenols is 1. The van der Waals surface area contributed by atoms with Crippen LogP contribution < -0.4 is 4.74 Å². The van der Waals surface area contributed by atoms with Gasteiger partial charge in [0.15, 0.2) is 11.5 Å². The van der Waals surface area contributed by atoms with E-state index in [2.05, 4.69) is 4.90 Å². The minimum atomic E-state index is -0.495. The number of nitrogens with zero attached hydrogens (tertiary/aromatic N) is 2. The number of methoxy groups -OCH3 is 1. The zero-order valence-electron chi connectivity index (χ0n) is 10.7. The fourth-order valence-corrected chi connectivity index (χ4v) is 2.03. The van der Waals surface area contributed by atoms with Gasteiger partial charge in [0.1, 0.15) is 0 Å². The van der Waals surface area contributed by atoms with Crippen LogP contribution in [0, 0.1) is 10.1 Å². The van der Waals surface area contributed by atoms with Crippen molar-refractivity contribution in [3.05, 3.63) is 27.8 Å². The van der Waals surface area contributed by atoms with Crippen molar-refractivity contribution in [1.82, 2.24) is 4.90 Å². The van der Waals surface area contributed by atoms with Crippen LogP contribution in [0.15, 0.2) is 12.1 Å². The van der Waals surface area contributed by atoms with Crippen LogP contribution in [0.3, 0.4) is 0 Å². The predicted molar refractivity (Wildman–Crippen MR) is 67.4 cm³/mol. The van der Waals surface area contributed by atoms with Gasteiger partial charge < -0.3 is 14.6 Å². The van der Waals surface area contributed by atoms with E-state index in [1.807, 2.05) is 0 Å². The van der Waals surface area contributed by atoms with Crippen LogP contribution >= 0.6 is 0 Å². The number of rotatable bonds is 4. The fourth-order valence-electron chi connectivity index (χ4n) is 2.03. The molecule has 0 atom stereocenters. The lowest BCUT2D eigenvalue weighted by Gasteiger charge is -2.26. The number of morpholine rings is 1. The van der Waals surface area contributed by atoms with Crippen molar-refractivity contribution in [1.29, 1.82) is 0 Å².